The Kier molecular flexibility index (Phi) is 8.69. The Morgan fingerprint density at radius 1 is 1.35 bits per heavy atom. The van der Waals surface area contributed by atoms with E-state index in [1.54, 1.807) is 0 Å². The molecule has 0 bridgehead atoms. The van der Waals surface area contributed by atoms with Crippen LogP contribution in [0.15, 0.2) is 17.4 Å². The van der Waals surface area contributed by atoms with Gasteiger partial charge in [0.05, 0.1) is 18.8 Å². The average Bonchev–Trinajstić information content (AvgIpc) is 2.89. The van der Waals surface area contributed by atoms with Gasteiger partial charge in [0.1, 0.15) is 0 Å². The number of hydrogen-bond acceptors (Lipinski definition) is 3. The summed E-state index contributed by atoms with van der Waals surface area (Å²) in [6.45, 7) is 9.15. The Morgan fingerprint density at radius 2 is 2.09 bits per heavy atom. The van der Waals surface area contributed by atoms with Crippen LogP contribution in [-0.4, -0.2) is 54.4 Å². The fraction of sp³-hybridized carbons (Fsp3) is 0.765. The van der Waals surface area contributed by atoms with E-state index in [0.717, 1.165) is 25.0 Å². The first-order valence-electron chi connectivity index (χ1n) is 8.61. The van der Waals surface area contributed by atoms with Gasteiger partial charge in [0.15, 0.2) is 5.96 Å². The molecule has 0 saturated carbocycles. The van der Waals surface area contributed by atoms with Crippen molar-refractivity contribution in [2.75, 3.05) is 33.7 Å². The summed E-state index contributed by atoms with van der Waals surface area (Å²) < 4.78 is 1.84. The summed E-state index contributed by atoms with van der Waals surface area (Å²) in [5.41, 5.74) is 1.19. The number of aromatic nitrogens is 2. The molecule has 0 spiro atoms. The molecule has 1 aromatic rings. The number of nitrogens with one attached hydrogen (secondary N) is 2. The van der Waals surface area contributed by atoms with E-state index in [2.05, 4.69) is 61.7 Å². The van der Waals surface area contributed by atoms with Crippen molar-refractivity contribution >= 4 is 5.96 Å². The number of hydrogen-bond donors (Lipinski definition) is 2. The van der Waals surface area contributed by atoms with Crippen molar-refractivity contribution in [1.29, 1.82) is 0 Å². The SMILES string of the molecule is CCNC(=NCC(c1cnn(C)c1)N(C)C)NCCCC(C)C. The van der Waals surface area contributed by atoms with Gasteiger partial charge in [-0.15, -0.1) is 0 Å². The zero-order valence-electron chi connectivity index (χ0n) is 15.6. The molecule has 1 aromatic heterocycles. The zero-order valence-corrected chi connectivity index (χ0v) is 15.6. The summed E-state index contributed by atoms with van der Waals surface area (Å²) in [7, 11) is 6.10. The summed E-state index contributed by atoms with van der Waals surface area (Å²) in [4.78, 5) is 6.94. The maximum Gasteiger partial charge on any atom is 0.191 e. The first-order chi connectivity index (χ1) is 10.9. The monoisotopic (exact) mass is 322 g/mol. The van der Waals surface area contributed by atoms with Gasteiger partial charge >= 0.3 is 0 Å². The molecule has 6 heteroatoms. The number of aliphatic imine (C=N–C) groups is 1. The number of nitrogens with zero attached hydrogens (tertiary/aromatic N) is 4. The molecule has 0 aliphatic carbocycles. The normalized spacial score (nSPS) is 13.7. The summed E-state index contributed by atoms with van der Waals surface area (Å²) >= 11 is 0. The highest BCUT2D eigenvalue weighted by atomic mass is 15.2. The highest BCUT2D eigenvalue weighted by Gasteiger charge is 2.15. The average molecular weight is 323 g/mol. The Morgan fingerprint density at radius 3 is 2.61 bits per heavy atom. The summed E-state index contributed by atoms with van der Waals surface area (Å²) in [5, 5.41) is 11.0. The molecule has 1 rings (SSSR count). The molecule has 1 atom stereocenters. The smallest absolute Gasteiger partial charge is 0.191 e. The van der Waals surface area contributed by atoms with Gasteiger partial charge < -0.3 is 15.5 Å². The predicted octanol–water partition coefficient (Wildman–Crippen LogP) is 2.01. The van der Waals surface area contributed by atoms with Gasteiger partial charge in [0.25, 0.3) is 0 Å². The largest absolute Gasteiger partial charge is 0.357 e. The van der Waals surface area contributed by atoms with Crippen molar-refractivity contribution in [2.24, 2.45) is 18.0 Å². The van der Waals surface area contributed by atoms with Crippen LogP contribution in [0.25, 0.3) is 0 Å². The van der Waals surface area contributed by atoms with E-state index in [0.29, 0.717) is 6.54 Å². The maximum absolute atomic E-state index is 4.75. The molecule has 0 radical (unpaired) electrons. The van der Waals surface area contributed by atoms with Crippen LogP contribution in [0.2, 0.25) is 0 Å². The van der Waals surface area contributed by atoms with Crippen LogP contribution in [0.5, 0.6) is 0 Å². The third kappa shape index (κ3) is 7.50. The third-order valence-electron chi connectivity index (χ3n) is 3.75. The number of guanidine groups is 1. The second kappa shape index (κ2) is 10.3. The number of likely N-dealkylation sites (N-methyl/N-ethyl adjacent to an activating group) is 1. The second-order valence-electron chi connectivity index (χ2n) is 6.61. The van der Waals surface area contributed by atoms with Gasteiger partial charge in [-0.1, -0.05) is 13.8 Å². The van der Waals surface area contributed by atoms with Crippen molar-refractivity contribution < 1.29 is 0 Å². The molecule has 1 unspecified atom stereocenters. The third-order valence-corrected chi connectivity index (χ3v) is 3.75. The Hall–Kier alpha value is -1.56. The molecular weight excluding hydrogens is 288 g/mol. The van der Waals surface area contributed by atoms with Crippen molar-refractivity contribution in [2.45, 2.75) is 39.7 Å². The van der Waals surface area contributed by atoms with E-state index in [1.165, 1.54) is 18.4 Å². The maximum atomic E-state index is 4.75. The number of aryl methyl sites for hydroxylation is 1. The molecule has 2 N–H and O–H groups in total. The van der Waals surface area contributed by atoms with Gasteiger partial charge in [0.2, 0.25) is 0 Å². The molecule has 0 fully saturated rings. The highest BCUT2D eigenvalue weighted by Crippen LogP contribution is 2.17. The van der Waals surface area contributed by atoms with Crippen LogP contribution in [-0.2, 0) is 7.05 Å². The van der Waals surface area contributed by atoms with E-state index >= 15 is 0 Å². The lowest BCUT2D eigenvalue weighted by Crippen LogP contribution is -2.38. The Bertz CT molecular complexity index is 463. The van der Waals surface area contributed by atoms with Crippen LogP contribution in [0, 0.1) is 5.92 Å². The van der Waals surface area contributed by atoms with E-state index in [1.807, 2.05) is 17.9 Å². The molecule has 0 aromatic carbocycles. The minimum absolute atomic E-state index is 0.231. The van der Waals surface area contributed by atoms with E-state index in [-0.39, 0.29) is 6.04 Å². The van der Waals surface area contributed by atoms with Crippen molar-refractivity contribution in [1.82, 2.24) is 25.3 Å². The predicted molar refractivity (Wildman–Crippen MR) is 97.7 cm³/mol. The minimum Gasteiger partial charge on any atom is -0.357 e. The molecule has 0 saturated heterocycles. The summed E-state index contributed by atoms with van der Waals surface area (Å²) in [6.07, 6.45) is 6.39. The Balaban J connectivity index is 2.61. The first kappa shape index (κ1) is 19.5. The minimum atomic E-state index is 0.231. The molecule has 132 valence electrons. The fourth-order valence-corrected chi connectivity index (χ4v) is 2.42. The zero-order chi connectivity index (χ0) is 17.2. The molecule has 1 heterocycles. The van der Waals surface area contributed by atoms with Crippen molar-refractivity contribution in [3.8, 4) is 0 Å². The fourth-order valence-electron chi connectivity index (χ4n) is 2.42. The van der Waals surface area contributed by atoms with Gasteiger partial charge in [-0.2, -0.15) is 5.10 Å². The van der Waals surface area contributed by atoms with E-state index in [4.69, 9.17) is 4.99 Å². The molecule has 6 nitrogen and oxygen atoms in total. The van der Waals surface area contributed by atoms with Gasteiger partial charge in [0, 0.05) is 31.9 Å². The molecule has 23 heavy (non-hydrogen) atoms. The van der Waals surface area contributed by atoms with Crippen LogP contribution in [0.3, 0.4) is 0 Å². The Labute approximate surface area is 141 Å². The van der Waals surface area contributed by atoms with Crippen LogP contribution in [0.1, 0.15) is 45.2 Å². The molecule has 0 aliphatic heterocycles. The lowest BCUT2D eigenvalue weighted by molar-refractivity contribution is 0.306. The molecular formula is C17H34N6. The lowest BCUT2D eigenvalue weighted by atomic mass is 10.1. The van der Waals surface area contributed by atoms with E-state index < -0.39 is 0 Å². The molecule has 0 aliphatic rings. The highest BCUT2D eigenvalue weighted by molar-refractivity contribution is 5.79. The van der Waals surface area contributed by atoms with Crippen LogP contribution in [0.4, 0.5) is 0 Å². The van der Waals surface area contributed by atoms with Crippen LogP contribution >= 0.6 is 0 Å². The molecule has 0 amide bonds. The standard InChI is InChI=1S/C17H34N6/c1-7-18-17(19-10-8-9-14(2)3)20-12-16(22(4)5)15-11-21-23(6)13-15/h11,13-14,16H,7-10,12H2,1-6H3,(H2,18,19,20). The van der Waals surface area contributed by atoms with Gasteiger partial charge in [-0.25, -0.2) is 0 Å². The van der Waals surface area contributed by atoms with Gasteiger partial charge in [-0.05, 0) is 39.8 Å². The van der Waals surface area contributed by atoms with Gasteiger partial charge in [-0.3, -0.25) is 9.67 Å². The van der Waals surface area contributed by atoms with Crippen molar-refractivity contribution in [3.05, 3.63) is 18.0 Å². The quantitative estimate of drug-likeness (QED) is 0.415. The van der Waals surface area contributed by atoms with Crippen LogP contribution < -0.4 is 10.6 Å². The lowest BCUT2D eigenvalue weighted by Gasteiger charge is -2.22. The van der Waals surface area contributed by atoms with Crippen molar-refractivity contribution in [3.63, 3.8) is 0 Å². The number of rotatable bonds is 9. The van der Waals surface area contributed by atoms with E-state index in [9.17, 15) is 0 Å². The summed E-state index contributed by atoms with van der Waals surface area (Å²) in [5.74, 6) is 1.65. The first-order valence-corrected chi connectivity index (χ1v) is 8.61. The topological polar surface area (TPSA) is 57.5 Å². The summed E-state index contributed by atoms with van der Waals surface area (Å²) in [6, 6.07) is 0.231. The second-order valence-corrected chi connectivity index (χ2v) is 6.61.